The lowest BCUT2D eigenvalue weighted by Crippen LogP contribution is -2.34. The number of aliphatic carboxylic acids is 1. The number of carboxylic acid groups (broad SMARTS) is 1. The average Bonchev–Trinajstić information content (AvgIpc) is 2.92. The molecule has 3 atom stereocenters. The number of esters is 3. The molecule has 1 fully saturated rings. The lowest BCUT2D eigenvalue weighted by molar-refractivity contribution is -0.148. The van der Waals surface area contributed by atoms with Crippen molar-refractivity contribution < 1.29 is 38.5 Å². The van der Waals surface area contributed by atoms with Crippen LogP contribution < -0.4 is 0 Å². The van der Waals surface area contributed by atoms with Gasteiger partial charge in [-0.3, -0.25) is 4.79 Å². The quantitative estimate of drug-likeness (QED) is 0.313. The summed E-state index contributed by atoms with van der Waals surface area (Å²) in [4.78, 5) is 47.3. The molecule has 1 heterocycles. The van der Waals surface area contributed by atoms with Crippen molar-refractivity contribution in [2.45, 2.75) is 52.2 Å². The molecule has 0 saturated carbocycles. The fourth-order valence-electron chi connectivity index (χ4n) is 3.33. The Morgan fingerprint density at radius 3 is 2.67 bits per heavy atom. The Bertz CT molecular complexity index is 845. The molecule has 30 heavy (non-hydrogen) atoms. The van der Waals surface area contributed by atoms with Crippen LogP contribution in [0, 0.1) is 5.92 Å². The van der Waals surface area contributed by atoms with Gasteiger partial charge in [0.15, 0.2) is 0 Å². The first kappa shape index (κ1) is 23.1. The molecule has 8 nitrogen and oxygen atoms in total. The second-order valence-electron chi connectivity index (χ2n) is 7.34. The molecule has 0 aromatic heterocycles. The largest absolute Gasteiger partial charge is 0.478 e. The maximum Gasteiger partial charge on any atom is 0.334 e. The van der Waals surface area contributed by atoms with E-state index in [0.717, 1.165) is 5.57 Å². The van der Waals surface area contributed by atoms with Gasteiger partial charge in [0.1, 0.15) is 18.8 Å². The topological polar surface area (TPSA) is 116 Å². The van der Waals surface area contributed by atoms with Crippen molar-refractivity contribution in [3.63, 3.8) is 0 Å². The van der Waals surface area contributed by atoms with E-state index in [2.05, 4.69) is 6.58 Å². The van der Waals surface area contributed by atoms with Crippen molar-refractivity contribution >= 4 is 23.9 Å². The van der Waals surface area contributed by atoms with E-state index in [1.807, 2.05) is 6.92 Å². The molecule has 8 heteroatoms. The standard InChI is InChI=1S/C22H26O8/c1-12-6-5-7-16(20(24)25)11-18(19-14(3)22(27)30-17(19)10-12)29-21(26)13(2)8-9-28-15(4)23/h7-8,10,17-19H,3,5-6,9,11H2,1-2,4H3,(H,24,25)/b12-10+,13-8+,16-7-/t17-,18+,19-/m0/s1. The molecule has 0 amide bonds. The molecule has 1 N–H and O–H groups in total. The number of allylic oxidation sites excluding steroid dienone is 2. The maximum absolute atomic E-state index is 12.6. The third kappa shape index (κ3) is 5.92. The van der Waals surface area contributed by atoms with Crippen LogP contribution in [0.5, 0.6) is 0 Å². The first-order valence-electron chi connectivity index (χ1n) is 9.60. The SMILES string of the molecule is C=C1C(=O)O[C@H]2/C=C(\C)CC/C=C(\C(=O)O)C[C@@H](OC(=O)/C(C)=C/COC(C)=O)[C@@H]12. The third-order valence-corrected chi connectivity index (χ3v) is 4.99. The second kappa shape index (κ2) is 10.0. The molecule has 2 aliphatic rings. The van der Waals surface area contributed by atoms with Crippen LogP contribution in [0.2, 0.25) is 0 Å². The lowest BCUT2D eigenvalue weighted by Gasteiger charge is -2.27. The van der Waals surface area contributed by atoms with E-state index >= 15 is 0 Å². The lowest BCUT2D eigenvalue weighted by atomic mass is 9.85. The highest BCUT2D eigenvalue weighted by Crippen LogP contribution is 2.36. The van der Waals surface area contributed by atoms with Crippen LogP contribution in [0.3, 0.4) is 0 Å². The molecule has 0 radical (unpaired) electrons. The number of hydrogen-bond donors (Lipinski definition) is 1. The van der Waals surface area contributed by atoms with E-state index in [-0.39, 0.29) is 29.7 Å². The Morgan fingerprint density at radius 2 is 2.03 bits per heavy atom. The average molecular weight is 418 g/mol. The number of carboxylic acids is 1. The molecule has 0 spiro atoms. The summed E-state index contributed by atoms with van der Waals surface area (Å²) in [5, 5.41) is 9.57. The predicted octanol–water partition coefficient (Wildman–Crippen LogP) is 2.65. The van der Waals surface area contributed by atoms with Gasteiger partial charge in [-0.1, -0.05) is 18.2 Å². The molecule has 1 aliphatic carbocycles. The van der Waals surface area contributed by atoms with Crippen LogP contribution in [-0.4, -0.2) is 47.8 Å². The third-order valence-electron chi connectivity index (χ3n) is 4.99. The van der Waals surface area contributed by atoms with Gasteiger partial charge in [0.25, 0.3) is 0 Å². The fraction of sp³-hybridized carbons (Fsp3) is 0.455. The van der Waals surface area contributed by atoms with E-state index in [9.17, 15) is 24.3 Å². The van der Waals surface area contributed by atoms with Crippen molar-refractivity contribution in [2.75, 3.05) is 6.61 Å². The Kier molecular flexibility index (Phi) is 7.74. The van der Waals surface area contributed by atoms with Crippen molar-refractivity contribution in [1.29, 1.82) is 0 Å². The molecule has 0 aromatic carbocycles. The minimum absolute atomic E-state index is 0.0925. The van der Waals surface area contributed by atoms with Gasteiger partial charge < -0.3 is 19.3 Å². The van der Waals surface area contributed by atoms with Crippen LogP contribution in [0.25, 0.3) is 0 Å². The molecular formula is C22H26O8. The van der Waals surface area contributed by atoms with Crippen molar-refractivity contribution in [1.82, 2.24) is 0 Å². The Labute approximate surface area is 174 Å². The van der Waals surface area contributed by atoms with Gasteiger partial charge in [0.2, 0.25) is 0 Å². The van der Waals surface area contributed by atoms with Crippen LogP contribution in [0.4, 0.5) is 0 Å². The summed E-state index contributed by atoms with van der Waals surface area (Å²) in [6.07, 6.45) is 4.15. The van der Waals surface area contributed by atoms with Crippen molar-refractivity contribution in [3.8, 4) is 0 Å². The molecule has 0 aromatic rings. The van der Waals surface area contributed by atoms with Gasteiger partial charge in [0.05, 0.1) is 5.92 Å². The Morgan fingerprint density at radius 1 is 1.33 bits per heavy atom. The monoisotopic (exact) mass is 418 g/mol. The number of ether oxygens (including phenoxy) is 3. The summed E-state index contributed by atoms with van der Waals surface area (Å²) in [5.74, 6) is -3.62. The van der Waals surface area contributed by atoms with E-state index in [1.54, 1.807) is 12.2 Å². The summed E-state index contributed by atoms with van der Waals surface area (Å²) >= 11 is 0. The van der Waals surface area contributed by atoms with E-state index < -0.39 is 42.0 Å². The van der Waals surface area contributed by atoms with Gasteiger partial charge in [-0.05, 0) is 38.8 Å². The highest BCUT2D eigenvalue weighted by Gasteiger charge is 2.45. The minimum Gasteiger partial charge on any atom is -0.478 e. The second-order valence-corrected chi connectivity index (χ2v) is 7.34. The summed E-state index contributed by atoms with van der Waals surface area (Å²) in [6.45, 7) is 8.29. The number of carbonyl (C=O) groups is 4. The molecule has 0 unspecified atom stereocenters. The molecule has 1 saturated heterocycles. The van der Waals surface area contributed by atoms with Gasteiger partial charge in [-0.15, -0.1) is 0 Å². The normalized spacial score (nSPS) is 28.2. The van der Waals surface area contributed by atoms with Crippen LogP contribution >= 0.6 is 0 Å². The number of carbonyl (C=O) groups excluding carboxylic acids is 3. The summed E-state index contributed by atoms with van der Waals surface area (Å²) < 4.78 is 15.8. The van der Waals surface area contributed by atoms with E-state index in [1.165, 1.54) is 19.9 Å². The molecule has 0 bridgehead atoms. The summed E-state index contributed by atoms with van der Waals surface area (Å²) in [7, 11) is 0. The molecule has 1 aliphatic heterocycles. The van der Waals surface area contributed by atoms with Crippen molar-refractivity contribution in [2.24, 2.45) is 5.92 Å². The molecule has 162 valence electrons. The number of rotatable bonds is 5. The first-order valence-corrected chi connectivity index (χ1v) is 9.60. The minimum atomic E-state index is -1.12. The summed E-state index contributed by atoms with van der Waals surface area (Å²) in [6, 6.07) is 0. The Balaban J connectivity index is 2.34. The number of hydrogen-bond acceptors (Lipinski definition) is 7. The van der Waals surface area contributed by atoms with Crippen LogP contribution in [0.1, 0.15) is 40.0 Å². The van der Waals surface area contributed by atoms with Gasteiger partial charge in [0, 0.05) is 30.1 Å². The van der Waals surface area contributed by atoms with Crippen LogP contribution in [0.15, 0.2) is 47.1 Å². The van der Waals surface area contributed by atoms with Gasteiger partial charge in [-0.2, -0.15) is 0 Å². The van der Waals surface area contributed by atoms with Crippen LogP contribution in [-0.2, 0) is 33.4 Å². The molecular weight excluding hydrogens is 392 g/mol. The molecule has 2 rings (SSSR count). The zero-order valence-corrected chi connectivity index (χ0v) is 17.3. The highest BCUT2D eigenvalue weighted by atomic mass is 16.6. The zero-order valence-electron chi connectivity index (χ0n) is 17.3. The fourth-order valence-corrected chi connectivity index (χ4v) is 3.33. The predicted molar refractivity (Wildman–Crippen MR) is 106 cm³/mol. The van der Waals surface area contributed by atoms with Gasteiger partial charge >= 0.3 is 23.9 Å². The van der Waals surface area contributed by atoms with E-state index in [4.69, 9.17) is 14.2 Å². The van der Waals surface area contributed by atoms with E-state index in [0.29, 0.717) is 12.8 Å². The van der Waals surface area contributed by atoms with Gasteiger partial charge in [-0.25, -0.2) is 14.4 Å². The summed E-state index contributed by atoms with van der Waals surface area (Å²) in [5.41, 5.74) is 1.34. The van der Waals surface area contributed by atoms with Crippen molar-refractivity contribution in [3.05, 3.63) is 47.1 Å². The first-order chi connectivity index (χ1) is 14.1. The highest BCUT2D eigenvalue weighted by molar-refractivity contribution is 5.92. The smallest absolute Gasteiger partial charge is 0.334 e. The Hall–Kier alpha value is -3.16. The maximum atomic E-state index is 12.6. The number of fused-ring (bicyclic) bond motifs is 1. The zero-order chi connectivity index (χ0) is 22.4.